The second kappa shape index (κ2) is 11.6. The van der Waals surface area contributed by atoms with Gasteiger partial charge in [-0.15, -0.1) is 0 Å². The Morgan fingerprint density at radius 1 is 1.16 bits per heavy atom. The van der Waals surface area contributed by atoms with Gasteiger partial charge in [-0.05, 0) is 68.6 Å². The van der Waals surface area contributed by atoms with Gasteiger partial charge < -0.3 is 18.9 Å². The summed E-state index contributed by atoms with van der Waals surface area (Å²) in [7, 11) is 0. The summed E-state index contributed by atoms with van der Waals surface area (Å²) in [4.78, 5) is 24.3. The fourth-order valence-electron chi connectivity index (χ4n) is 4.72. The molecule has 0 spiro atoms. The van der Waals surface area contributed by atoms with Crippen LogP contribution in [0.5, 0.6) is 0 Å². The Balaban J connectivity index is 0.00000336. The molecule has 7 nitrogen and oxygen atoms in total. The minimum absolute atomic E-state index is 0. The van der Waals surface area contributed by atoms with Crippen LogP contribution in [0.2, 0.25) is 5.02 Å². The summed E-state index contributed by atoms with van der Waals surface area (Å²) < 4.78 is 39.7. The van der Waals surface area contributed by atoms with Crippen molar-refractivity contribution in [1.29, 1.82) is 0 Å². The van der Waals surface area contributed by atoms with Crippen LogP contribution in [0.4, 0.5) is 8.78 Å². The van der Waals surface area contributed by atoms with E-state index in [1.807, 2.05) is 13.0 Å². The molecule has 196 valence electrons. The number of hydrogen-bond donors (Lipinski definition) is 0. The molecule has 2 aromatic heterocycles. The van der Waals surface area contributed by atoms with Crippen LogP contribution in [0.25, 0.3) is 11.5 Å². The molecule has 38 heavy (non-hydrogen) atoms. The van der Waals surface area contributed by atoms with Gasteiger partial charge in [0.2, 0.25) is 5.76 Å². The SMILES string of the molecule is Cc1ccc(CC(=O)C[C@H](CCC(=O)[O-])c2noc(-c3cc(C(F)(F)C4CC4)on3)c2C2CC2)c(Cl)c1.[Na+]. The predicted octanol–water partition coefficient (Wildman–Crippen LogP) is 2.49. The minimum atomic E-state index is -3.10. The number of carbonyl (C=O) groups is 2. The Hall–Kier alpha value is -2.07. The first kappa shape index (κ1) is 28.9. The van der Waals surface area contributed by atoms with Crippen molar-refractivity contribution in [3.63, 3.8) is 0 Å². The molecule has 3 aromatic rings. The first-order valence-corrected chi connectivity index (χ1v) is 12.8. The summed E-state index contributed by atoms with van der Waals surface area (Å²) in [5, 5.41) is 19.8. The monoisotopic (exact) mass is 554 g/mol. The molecule has 0 aliphatic heterocycles. The van der Waals surface area contributed by atoms with E-state index < -0.39 is 29.5 Å². The number of benzene rings is 1. The minimum Gasteiger partial charge on any atom is -0.550 e. The third-order valence-corrected chi connectivity index (χ3v) is 7.41. The number of aryl methyl sites for hydroxylation is 1. The average Bonchev–Trinajstić information content (AvgIpc) is 3.77. The number of carbonyl (C=O) groups excluding carboxylic acids is 2. The molecule has 0 N–H and O–H groups in total. The molecule has 0 unspecified atom stereocenters. The quantitative estimate of drug-likeness (QED) is 0.316. The average molecular weight is 555 g/mol. The van der Waals surface area contributed by atoms with Gasteiger partial charge in [0.25, 0.3) is 0 Å². The van der Waals surface area contributed by atoms with Crippen LogP contribution in [0.1, 0.15) is 84.9 Å². The zero-order valence-electron chi connectivity index (χ0n) is 21.3. The van der Waals surface area contributed by atoms with E-state index in [4.69, 9.17) is 20.6 Å². The Labute approximate surface area is 245 Å². The molecular weight excluding hydrogens is 529 g/mol. The van der Waals surface area contributed by atoms with Crippen LogP contribution in [0.3, 0.4) is 0 Å². The smallest absolute Gasteiger partial charge is 0.550 e. The third kappa shape index (κ3) is 6.38. The molecule has 5 rings (SSSR count). The Morgan fingerprint density at radius 3 is 2.53 bits per heavy atom. The maximum absolute atomic E-state index is 14.5. The van der Waals surface area contributed by atoms with E-state index in [9.17, 15) is 23.5 Å². The van der Waals surface area contributed by atoms with Crippen LogP contribution in [0.15, 0.2) is 33.3 Å². The zero-order valence-corrected chi connectivity index (χ0v) is 24.0. The first-order valence-electron chi connectivity index (χ1n) is 12.4. The van der Waals surface area contributed by atoms with Crippen molar-refractivity contribution in [3.05, 3.63) is 57.4 Å². The summed E-state index contributed by atoms with van der Waals surface area (Å²) in [6.07, 6.45) is 2.51. The molecule has 2 heterocycles. The largest absolute Gasteiger partial charge is 1.00 e. The van der Waals surface area contributed by atoms with E-state index in [0.717, 1.165) is 18.4 Å². The molecule has 2 fully saturated rings. The van der Waals surface area contributed by atoms with E-state index in [2.05, 4.69) is 10.3 Å². The summed E-state index contributed by atoms with van der Waals surface area (Å²) >= 11 is 6.30. The van der Waals surface area contributed by atoms with E-state index >= 15 is 0 Å². The van der Waals surface area contributed by atoms with Gasteiger partial charge in [-0.3, -0.25) is 4.79 Å². The maximum atomic E-state index is 14.5. The molecule has 2 aliphatic rings. The van der Waals surface area contributed by atoms with E-state index in [0.29, 0.717) is 34.7 Å². The van der Waals surface area contributed by atoms with Crippen molar-refractivity contribution >= 4 is 23.4 Å². The van der Waals surface area contributed by atoms with Crippen LogP contribution in [0, 0.1) is 12.8 Å². The van der Waals surface area contributed by atoms with Gasteiger partial charge in [0.15, 0.2) is 11.5 Å². The van der Waals surface area contributed by atoms with Crippen molar-refractivity contribution in [2.45, 2.75) is 76.0 Å². The second-order valence-electron chi connectivity index (χ2n) is 10.2. The molecule has 0 saturated heterocycles. The fourth-order valence-corrected chi connectivity index (χ4v) is 5.03. The van der Waals surface area contributed by atoms with Crippen LogP contribution < -0.4 is 34.7 Å². The molecular formula is C27H26ClF2N2NaO5. The number of carboxylic acids is 1. The normalized spacial score (nSPS) is 16.2. The molecule has 0 amide bonds. The predicted molar refractivity (Wildman–Crippen MR) is 127 cm³/mol. The Bertz CT molecular complexity index is 1330. The van der Waals surface area contributed by atoms with Crippen LogP contribution in [-0.2, 0) is 21.9 Å². The Morgan fingerprint density at radius 2 is 1.89 bits per heavy atom. The number of Topliss-reactive ketones (excluding diaryl/α,β-unsaturated/α-hetero) is 1. The van der Waals surface area contributed by atoms with Gasteiger partial charge in [-0.25, -0.2) is 0 Å². The van der Waals surface area contributed by atoms with Crippen molar-refractivity contribution in [2.75, 3.05) is 0 Å². The number of carboxylic acid groups (broad SMARTS) is 1. The van der Waals surface area contributed by atoms with E-state index in [-0.39, 0.29) is 78.4 Å². The summed E-state index contributed by atoms with van der Waals surface area (Å²) in [6, 6.07) is 6.65. The van der Waals surface area contributed by atoms with Gasteiger partial charge >= 0.3 is 35.5 Å². The third-order valence-electron chi connectivity index (χ3n) is 7.06. The topological polar surface area (TPSA) is 109 Å². The summed E-state index contributed by atoms with van der Waals surface area (Å²) in [5.41, 5.74) is 2.92. The van der Waals surface area contributed by atoms with Gasteiger partial charge in [0.05, 0.1) is 5.69 Å². The summed E-state index contributed by atoms with van der Waals surface area (Å²) in [5.74, 6) is -5.99. The molecule has 0 radical (unpaired) electrons. The van der Waals surface area contributed by atoms with Crippen LogP contribution in [-0.4, -0.2) is 22.1 Å². The molecule has 11 heteroatoms. The summed E-state index contributed by atoms with van der Waals surface area (Å²) in [6.45, 7) is 1.90. The van der Waals surface area contributed by atoms with Gasteiger partial charge in [-0.1, -0.05) is 34.0 Å². The second-order valence-corrected chi connectivity index (χ2v) is 10.6. The number of aliphatic carboxylic acids is 1. The number of aromatic nitrogens is 2. The Kier molecular flexibility index (Phi) is 8.81. The van der Waals surface area contributed by atoms with Gasteiger partial charge in [-0.2, -0.15) is 8.78 Å². The molecule has 1 aromatic carbocycles. The number of hydrogen-bond acceptors (Lipinski definition) is 7. The van der Waals surface area contributed by atoms with Crippen LogP contribution >= 0.6 is 11.6 Å². The number of alkyl halides is 2. The zero-order chi connectivity index (χ0) is 26.3. The van der Waals surface area contributed by atoms with Gasteiger partial charge in [0.1, 0.15) is 5.78 Å². The molecule has 2 saturated carbocycles. The molecule has 1 atom stereocenters. The van der Waals surface area contributed by atoms with Crippen molar-refractivity contribution in [1.82, 2.24) is 10.3 Å². The number of rotatable bonds is 12. The molecule has 2 aliphatic carbocycles. The number of ketones is 1. The first-order chi connectivity index (χ1) is 17.6. The van der Waals surface area contributed by atoms with Gasteiger partial charge in [0, 0.05) is 47.3 Å². The van der Waals surface area contributed by atoms with Crippen molar-refractivity contribution < 1.29 is 62.1 Å². The van der Waals surface area contributed by atoms with E-state index in [1.54, 1.807) is 12.1 Å². The maximum Gasteiger partial charge on any atom is 1.00 e. The number of nitrogens with zero attached hydrogens (tertiary/aromatic N) is 2. The standard InChI is InChI=1S/C27H27ClF2N2O5.Na/c1-14-2-3-16(20(28)10-14)11-19(33)12-17(6-9-23(34)35)25-24(15-4-5-15)26(37-32-25)21-13-22(36-31-21)27(29,30)18-7-8-18;/h2-3,10,13,15,17-18H,4-9,11-12H2,1H3,(H,34,35);/q;+1/p-1/t17-;/m0./s1. The fraction of sp³-hybridized carbons (Fsp3) is 0.481. The molecule has 0 bridgehead atoms. The van der Waals surface area contributed by atoms with E-state index in [1.165, 1.54) is 6.07 Å². The van der Waals surface area contributed by atoms with Crippen molar-refractivity contribution in [3.8, 4) is 11.5 Å². The van der Waals surface area contributed by atoms with Crippen molar-refractivity contribution in [2.24, 2.45) is 5.92 Å². The number of halogens is 3.